The summed E-state index contributed by atoms with van der Waals surface area (Å²) < 4.78 is 19.9. The van der Waals surface area contributed by atoms with Gasteiger partial charge in [0.1, 0.15) is 5.82 Å². The van der Waals surface area contributed by atoms with Gasteiger partial charge in [-0.05, 0) is 24.6 Å². The molecule has 1 unspecified atom stereocenters. The van der Waals surface area contributed by atoms with Gasteiger partial charge >= 0.3 is 0 Å². The number of ether oxygens (including phenoxy) is 1. The first-order chi connectivity index (χ1) is 8.61. The molecule has 1 saturated heterocycles. The van der Waals surface area contributed by atoms with E-state index < -0.39 is 5.82 Å². The number of hydrogen-bond acceptors (Lipinski definition) is 2. The van der Waals surface area contributed by atoms with Crippen LogP contribution in [0.5, 0.6) is 0 Å². The van der Waals surface area contributed by atoms with Crippen molar-refractivity contribution in [3.63, 3.8) is 0 Å². The van der Waals surface area contributed by atoms with E-state index in [2.05, 4.69) is 15.9 Å². The highest BCUT2D eigenvalue weighted by Crippen LogP contribution is 2.19. The average Bonchev–Trinajstić information content (AvgIpc) is 2.41. The molecule has 0 aromatic heterocycles. The van der Waals surface area contributed by atoms with Crippen LogP contribution in [0.3, 0.4) is 0 Å². The van der Waals surface area contributed by atoms with Crippen LogP contribution in [-0.2, 0) is 4.74 Å². The van der Waals surface area contributed by atoms with Crippen molar-refractivity contribution in [2.45, 2.75) is 19.4 Å². The summed E-state index contributed by atoms with van der Waals surface area (Å²) in [5.41, 5.74) is 0.112. The van der Waals surface area contributed by atoms with Gasteiger partial charge in [0.05, 0.1) is 18.3 Å². The van der Waals surface area contributed by atoms with Crippen LogP contribution in [0, 0.1) is 5.82 Å². The standard InChI is InChI=1S/C13H15BrFNO2/c1-2-10-8-16(5-6-18-10)13(17)11-7-9(14)3-4-12(11)15/h3-4,7,10H,2,5-6,8H2,1H3. The molecule has 0 spiro atoms. The number of halogens is 2. The molecule has 0 aliphatic carbocycles. The summed E-state index contributed by atoms with van der Waals surface area (Å²) in [6.07, 6.45) is 0.906. The summed E-state index contributed by atoms with van der Waals surface area (Å²) in [7, 11) is 0. The van der Waals surface area contributed by atoms with E-state index in [0.29, 0.717) is 24.2 Å². The molecule has 1 aliphatic rings. The first kappa shape index (κ1) is 13.5. The first-order valence-corrected chi connectivity index (χ1v) is 6.77. The Morgan fingerprint density at radius 2 is 2.39 bits per heavy atom. The molecule has 5 heteroatoms. The van der Waals surface area contributed by atoms with Crippen molar-refractivity contribution in [1.29, 1.82) is 0 Å². The SMILES string of the molecule is CCC1CN(C(=O)c2cc(Br)ccc2F)CCO1. The van der Waals surface area contributed by atoms with Crippen molar-refractivity contribution in [2.75, 3.05) is 19.7 Å². The zero-order chi connectivity index (χ0) is 13.1. The third kappa shape index (κ3) is 2.90. The fourth-order valence-electron chi connectivity index (χ4n) is 1.98. The minimum absolute atomic E-state index is 0.0536. The number of nitrogens with zero attached hydrogens (tertiary/aromatic N) is 1. The zero-order valence-corrected chi connectivity index (χ0v) is 11.7. The predicted octanol–water partition coefficient (Wildman–Crippen LogP) is 2.84. The van der Waals surface area contributed by atoms with E-state index >= 15 is 0 Å². The van der Waals surface area contributed by atoms with Gasteiger partial charge in [0.25, 0.3) is 5.91 Å². The number of benzene rings is 1. The normalized spacial score (nSPS) is 19.9. The number of hydrogen-bond donors (Lipinski definition) is 0. The minimum atomic E-state index is -0.484. The molecule has 0 N–H and O–H groups in total. The van der Waals surface area contributed by atoms with Crippen LogP contribution < -0.4 is 0 Å². The fraction of sp³-hybridized carbons (Fsp3) is 0.462. The maximum atomic E-state index is 13.7. The van der Waals surface area contributed by atoms with Crippen molar-refractivity contribution in [3.8, 4) is 0 Å². The second-order valence-electron chi connectivity index (χ2n) is 4.28. The molecule has 1 atom stereocenters. The van der Waals surface area contributed by atoms with Crippen molar-refractivity contribution in [1.82, 2.24) is 4.90 Å². The molecule has 3 nitrogen and oxygen atoms in total. The van der Waals surface area contributed by atoms with Crippen LogP contribution in [0.25, 0.3) is 0 Å². The van der Waals surface area contributed by atoms with Crippen LogP contribution in [-0.4, -0.2) is 36.6 Å². The second kappa shape index (κ2) is 5.80. The van der Waals surface area contributed by atoms with Gasteiger partial charge in [-0.3, -0.25) is 4.79 Å². The second-order valence-corrected chi connectivity index (χ2v) is 5.19. The molecule has 1 fully saturated rings. The highest BCUT2D eigenvalue weighted by atomic mass is 79.9. The van der Waals surface area contributed by atoms with E-state index in [4.69, 9.17) is 4.74 Å². The van der Waals surface area contributed by atoms with E-state index in [0.717, 1.165) is 6.42 Å². The van der Waals surface area contributed by atoms with Gasteiger partial charge < -0.3 is 9.64 Å². The fourth-order valence-corrected chi connectivity index (χ4v) is 2.34. The molecule has 1 heterocycles. The Kier molecular flexibility index (Phi) is 4.35. The van der Waals surface area contributed by atoms with E-state index in [1.54, 1.807) is 11.0 Å². The quantitative estimate of drug-likeness (QED) is 0.840. The molecule has 1 amide bonds. The first-order valence-electron chi connectivity index (χ1n) is 5.97. The number of amides is 1. The van der Waals surface area contributed by atoms with Crippen LogP contribution in [0.1, 0.15) is 23.7 Å². The highest BCUT2D eigenvalue weighted by molar-refractivity contribution is 9.10. The van der Waals surface area contributed by atoms with E-state index in [9.17, 15) is 9.18 Å². The summed E-state index contributed by atoms with van der Waals surface area (Å²) in [6, 6.07) is 4.41. The molecule has 2 rings (SSSR count). The molecular formula is C13H15BrFNO2. The Hall–Kier alpha value is -0.940. The molecule has 18 heavy (non-hydrogen) atoms. The number of carbonyl (C=O) groups is 1. The molecule has 1 aromatic carbocycles. The number of rotatable bonds is 2. The van der Waals surface area contributed by atoms with Gasteiger partial charge in [-0.2, -0.15) is 0 Å². The lowest BCUT2D eigenvalue weighted by atomic mass is 10.1. The Morgan fingerprint density at radius 3 is 3.11 bits per heavy atom. The van der Waals surface area contributed by atoms with E-state index in [1.165, 1.54) is 12.1 Å². The summed E-state index contributed by atoms with van der Waals surface area (Å²) in [5, 5.41) is 0. The molecular weight excluding hydrogens is 301 g/mol. The van der Waals surface area contributed by atoms with Gasteiger partial charge in [-0.1, -0.05) is 22.9 Å². The molecule has 98 valence electrons. The number of carbonyl (C=O) groups excluding carboxylic acids is 1. The van der Waals surface area contributed by atoms with Crippen molar-refractivity contribution < 1.29 is 13.9 Å². The maximum absolute atomic E-state index is 13.7. The lowest BCUT2D eigenvalue weighted by Crippen LogP contribution is -2.45. The maximum Gasteiger partial charge on any atom is 0.257 e. The summed E-state index contributed by atoms with van der Waals surface area (Å²) in [4.78, 5) is 13.9. The zero-order valence-electron chi connectivity index (χ0n) is 10.2. The summed E-state index contributed by atoms with van der Waals surface area (Å²) in [6.45, 7) is 3.57. The Bertz CT molecular complexity index is 453. The molecule has 0 bridgehead atoms. The van der Waals surface area contributed by atoms with Crippen molar-refractivity contribution in [2.24, 2.45) is 0 Å². The smallest absolute Gasteiger partial charge is 0.257 e. The number of morpholine rings is 1. The van der Waals surface area contributed by atoms with Crippen LogP contribution >= 0.6 is 15.9 Å². The lowest BCUT2D eigenvalue weighted by molar-refractivity contribution is -0.0227. The van der Waals surface area contributed by atoms with E-state index in [-0.39, 0.29) is 17.6 Å². The highest BCUT2D eigenvalue weighted by Gasteiger charge is 2.25. The molecule has 1 aliphatic heterocycles. The minimum Gasteiger partial charge on any atom is -0.375 e. The Morgan fingerprint density at radius 1 is 1.61 bits per heavy atom. The van der Waals surface area contributed by atoms with Crippen LogP contribution in [0.15, 0.2) is 22.7 Å². The largest absolute Gasteiger partial charge is 0.375 e. The third-order valence-electron chi connectivity index (χ3n) is 3.04. The van der Waals surface area contributed by atoms with Gasteiger partial charge in [0.2, 0.25) is 0 Å². The predicted molar refractivity (Wildman–Crippen MR) is 70.0 cm³/mol. The topological polar surface area (TPSA) is 29.5 Å². The molecule has 1 aromatic rings. The molecule has 0 radical (unpaired) electrons. The monoisotopic (exact) mass is 315 g/mol. The van der Waals surface area contributed by atoms with Gasteiger partial charge in [-0.25, -0.2) is 4.39 Å². The van der Waals surface area contributed by atoms with Gasteiger partial charge in [-0.15, -0.1) is 0 Å². The summed E-state index contributed by atoms with van der Waals surface area (Å²) >= 11 is 3.25. The van der Waals surface area contributed by atoms with E-state index in [1.807, 2.05) is 6.92 Å². The average molecular weight is 316 g/mol. The van der Waals surface area contributed by atoms with Gasteiger partial charge in [0.15, 0.2) is 0 Å². The Balaban J connectivity index is 2.17. The third-order valence-corrected chi connectivity index (χ3v) is 3.53. The lowest BCUT2D eigenvalue weighted by Gasteiger charge is -2.32. The van der Waals surface area contributed by atoms with Gasteiger partial charge in [0, 0.05) is 17.6 Å². The van der Waals surface area contributed by atoms with Crippen molar-refractivity contribution >= 4 is 21.8 Å². The Labute approximate surface area is 114 Å². The van der Waals surface area contributed by atoms with Crippen LogP contribution in [0.4, 0.5) is 4.39 Å². The van der Waals surface area contributed by atoms with Crippen molar-refractivity contribution in [3.05, 3.63) is 34.1 Å². The summed E-state index contributed by atoms with van der Waals surface area (Å²) in [5.74, 6) is -0.752. The molecule has 0 saturated carbocycles. The van der Waals surface area contributed by atoms with Crippen LogP contribution in [0.2, 0.25) is 0 Å².